The lowest BCUT2D eigenvalue weighted by Crippen LogP contribution is -2.06. The van der Waals surface area contributed by atoms with Gasteiger partial charge in [0.1, 0.15) is 5.52 Å². The Labute approximate surface area is 115 Å². The number of benzene rings is 1. The van der Waals surface area contributed by atoms with Gasteiger partial charge in [0.05, 0.1) is 0 Å². The number of pyridine rings is 1. The zero-order valence-electron chi connectivity index (χ0n) is 11.2. The predicted octanol–water partition coefficient (Wildman–Crippen LogP) is 3.96. The van der Waals surface area contributed by atoms with E-state index in [0.29, 0.717) is 11.1 Å². The van der Waals surface area contributed by atoms with Crippen LogP contribution in [0.25, 0.3) is 10.9 Å². The van der Waals surface area contributed by atoms with Crippen LogP contribution in [-0.2, 0) is 12.8 Å². The molecule has 1 heterocycles. The van der Waals surface area contributed by atoms with Crippen LogP contribution in [0.15, 0.2) is 6.07 Å². The number of nitrogens with one attached hydrogen (secondary N) is 1. The van der Waals surface area contributed by atoms with Gasteiger partial charge in [-0.05, 0) is 37.3 Å². The second-order valence-electron chi connectivity index (χ2n) is 5.11. The van der Waals surface area contributed by atoms with E-state index in [9.17, 15) is 13.2 Å². The van der Waals surface area contributed by atoms with Crippen LogP contribution < -0.4 is 5.32 Å². The molecule has 1 aliphatic carbocycles. The van der Waals surface area contributed by atoms with E-state index in [1.807, 2.05) is 0 Å². The van der Waals surface area contributed by atoms with Crippen molar-refractivity contribution in [3.63, 3.8) is 0 Å². The third kappa shape index (κ3) is 1.92. The van der Waals surface area contributed by atoms with Gasteiger partial charge in [0.25, 0.3) is 0 Å². The van der Waals surface area contributed by atoms with Crippen LogP contribution in [-0.4, -0.2) is 12.0 Å². The number of fused-ring (bicyclic) bond motifs is 2. The van der Waals surface area contributed by atoms with E-state index in [0.717, 1.165) is 49.4 Å². The molecule has 0 atom stereocenters. The second-order valence-corrected chi connectivity index (χ2v) is 5.11. The van der Waals surface area contributed by atoms with Gasteiger partial charge >= 0.3 is 0 Å². The minimum atomic E-state index is -1.46. The molecule has 0 aliphatic heterocycles. The highest BCUT2D eigenvalue weighted by Crippen LogP contribution is 2.34. The van der Waals surface area contributed by atoms with E-state index in [2.05, 4.69) is 10.3 Å². The van der Waals surface area contributed by atoms with Crippen LogP contribution in [0.2, 0.25) is 0 Å². The SMILES string of the molecule is CNc1c2c(nc3c(F)c(F)c(F)cc13)CCCCC2. The minimum Gasteiger partial charge on any atom is -0.387 e. The Hall–Kier alpha value is -1.78. The summed E-state index contributed by atoms with van der Waals surface area (Å²) in [6.45, 7) is 0. The highest BCUT2D eigenvalue weighted by molar-refractivity contribution is 5.94. The lowest BCUT2D eigenvalue weighted by molar-refractivity contribution is 0.452. The van der Waals surface area contributed by atoms with Crippen molar-refractivity contribution in [1.29, 1.82) is 0 Å². The molecule has 0 fully saturated rings. The zero-order valence-corrected chi connectivity index (χ0v) is 11.2. The summed E-state index contributed by atoms with van der Waals surface area (Å²) in [5.41, 5.74) is 2.38. The normalized spacial score (nSPS) is 15.0. The Bertz CT molecular complexity index is 683. The Balaban J connectivity index is 2.39. The van der Waals surface area contributed by atoms with Gasteiger partial charge in [0.2, 0.25) is 0 Å². The molecule has 3 rings (SSSR count). The zero-order chi connectivity index (χ0) is 14.3. The first kappa shape index (κ1) is 13.2. The van der Waals surface area contributed by atoms with Gasteiger partial charge in [-0.2, -0.15) is 0 Å². The Kier molecular flexibility index (Phi) is 3.28. The Morgan fingerprint density at radius 3 is 2.55 bits per heavy atom. The number of aromatic nitrogens is 1. The maximum Gasteiger partial charge on any atom is 0.196 e. The quantitative estimate of drug-likeness (QED) is 0.631. The lowest BCUT2D eigenvalue weighted by atomic mass is 10.0. The maximum absolute atomic E-state index is 13.9. The Morgan fingerprint density at radius 2 is 1.80 bits per heavy atom. The fourth-order valence-corrected chi connectivity index (χ4v) is 2.93. The first-order chi connectivity index (χ1) is 9.63. The number of hydrogen-bond acceptors (Lipinski definition) is 2. The van der Waals surface area contributed by atoms with Crippen molar-refractivity contribution in [1.82, 2.24) is 4.98 Å². The van der Waals surface area contributed by atoms with Gasteiger partial charge in [-0.3, -0.25) is 0 Å². The van der Waals surface area contributed by atoms with Crippen molar-refractivity contribution in [2.24, 2.45) is 0 Å². The van der Waals surface area contributed by atoms with E-state index in [-0.39, 0.29) is 5.52 Å². The molecule has 1 aromatic heterocycles. The predicted molar refractivity (Wildman–Crippen MR) is 72.4 cm³/mol. The van der Waals surface area contributed by atoms with Crippen molar-refractivity contribution in [2.45, 2.75) is 32.1 Å². The molecule has 5 heteroatoms. The third-order valence-corrected chi connectivity index (χ3v) is 3.89. The van der Waals surface area contributed by atoms with Gasteiger partial charge in [0, 0.05) is 23.8 Å². The van der Waals surface area contributed by atoms with Crippen LogP contribution in [0.1, 0.15) is 30.5 Å². The largest absolute Gasteiger partial charge is 0.387 e. The molecule has 2 nitrogen and oxygen atoms in total. The van der Waals surface area contributed by atoms with Crippen LogP contribution in [0.3, 0.4) is 0 Å². The summed E-state index contributed by atoms with van der Waals surface area (Å²) in [5, 5.41) is 3.31. The lowest BCUT2D eigenvalue weighted by Gasteiger charge is -2.15. The number of aryl methyl sites for hydroxylation is 1. The fraction of sp³-hybridized carbons (Fsp3) is 0.400. The molecule has 0 bridgehead atoms. The maximum atomic E-state index is 13.9. The molecule has 0 saturated carbocycles. The van der Waals surface area contributed by atoms with Gasteiger partial charge in [-0.15, -0.1) is 0 Å². The number of nitrogens with zero attached hydrogens (tertiary/aromatic N) is 1. The number of halogens is 3. The monoisotopic (exact) mass is 280 g/mol. The molecule has 106 valence electrons. The van der Waals surface area contributed by atoms with Gasteiger partial charge in [-0.25, -0.2) is 18.2 Å². The number of hydrogen-bond donors (Lipinski definition) is 1. The van der Waals surface area contributed by atoms with Crippen molar-refractivity contribution < 1.29 is 13.2 Å². The fourth-order valence-electron chi connectivity index (χ4n) is 2.93. The molecule has 2 aromatic rings. The standard InChI is InChI=1S/C15H15F3N2/c1-19-14-8-5-3-2-4-6-11(8)20-15-9(14)7-10(16)12(17)13(15)18/h7H,2-6H2,1H3,(H,19,20). The second kappa shape index (κ2) is 4.96. The summed E-state index contributed by atoms with van der Waals surface area (Å²) in [6.07, 6.45) is 4.68. The van der Waals surface area contributed by atoms with Crippen LogP contribution >= 0.6 is 0 Å². The van der Waals surface area contributed by atoms with E-state index in [1.54, 1.807) is 7.05 Å². The molecule has 0 radical (unpaired) electrons. The van der Waals surface area contributed by atoms with Crippen LogP contribution in [0.4, 0.5) is 18.9 Å². The smallest absolute Gasteiger partial charge is 0.196 e. The highest BCUT2D eigenvalue weighted by atomic mass is 19.2. The molecule has 20 heavy (non-hydrogen) atoms. The molecule has 1 aliphatic rings. The van der Waals surface area contributed by atoms with Crippen LogP contribution in [0, 0.1) is 17.5 Å². The summed E-state index contributed by atoms with van der Waals surface area (Å²) in [4.78, 5) is 4.26. The molecule has 0 spiro atoms. The molecular formula is C15H15F3N2. The summed E-state index contributed by atoms with van der Waals surface area (Å²) in [7, 11) is 1.71. The third-order valence-electron chi connectivity index (χ3n) is 3.89. The van der Waals surface area contributed by atoms with Crippen molar-refractivity contribution >= 4 is 16.6 Å². The average molecular weight is 280 g/mol. The topological polar surface area (TPSA) is 24.9 Å². The van der Waals surface area contributed by atoms with E-state index in [4.69, 9.17) is 0 Å². The van der Waals surface area contributed by atoms with Crippen molar-refractivity contribution in [2.75, 3.05) is 12.4 Å². The van der Waals surface area contributed by atoms with Crippen molar-refractivity contribution in [3.8, 4) is 0 Å². The average Bonchev–Trinajstić information content (AvgIpc) is 2.68. The van der Waals surface area contributed by atoms with Gasteiger partial charge in [0.15, 0.2) is 17.5 Å². The van der Waals surface area contributed by atoms with Crippen molar-refractivity contribution in [3.05, 3.63) is 34.8 Å². The molecule has 1 aromatic carbocycles. The molecule has 0 saturated heterocycles. The molecule has 1 N–H and O–H groups in total. The number of rotatable bonds is 1. The summed E-state index contributed by atoms with van der Waals surface area (Å²) in [6, 6.07) is 1.03. The minimum absolute atomic E-state index is 0.0890. The van der Waals surface area contributed by atoms with Gasteiger partial charge in [-0.1, -0.05) is 6.42 Å². The molecule has 0 amide bonds. The molecule has 0 unspecified atom stereocenters. The molecular weight excluding hydrogens is 265 g/mol. The number of anilines is 1. The highest BCUT2D eigenvalue weighted by Gasteiger charge is 2.22. The van der Waals surface area contributed by atoms with Gasteiger partial charge < -0.3 is 5.32 Å². The van der Waals surface area contributed by atoms with E-state index in [1.165, 1.54) is 0 Å². The summed E-state index contributed by atoms with van der Waals surface area (Å²) >= 11 is 0. The summed E-state index contributed by atoms with van der Waals surface area (Å²) in [5.74, 6) is -3.84. The first-order valence-electron chi connectivity index (χ1n) is 6.80. The summed E-state index contributed by atoms with van der Waals surface area (Å²) < 4.78 is 40.8. The van der Waals surface area contributed by atoms with E-state index < -0.39 is 17.5 Å². The van der Waals surface area contributed by atoms with Crippen LogP contribution in [0.5, 0.6) is 0 Å². The van der Waals surface area contributed by atoms with E-state index >= 15 is 0 Å². The Morgan fingerprint density at radius 1 is 1.05 bits per heavy atom. The first-order valence-corrected chi connectivity index (χ1v) is 6.80.